The van der Waals surface area contributed by atoms with Crippen molar-refractivity contribution in [3.8, 4) is 5.69 Å². The molecule has 0 spiro atoms. The summed E-state index contributed by atoms with van der Waals surface area (Å²) in [5.41, 5.74) is 3.70. The Hall–Kier alpha value is -2.73. The zero-order valence-electron chi connectivity index (χ0n) is 22.3. The molecule has 11 heteroatoms. The first-order valence-corrected chi connectivity index (χ1v) is 14.8. The van der Waals surface area contributed by atoms with Crippen LogP contribution < -0.4 is 14.3 Å². The van der Waals surface area contributed by atoms with Crippen LogP contribution in [0.5, 0.6) is 0 Å². The highest BCUT2D eigenvalue weighted by Gasteiger charge is 2.33. The summed E-state index contributed by atoms with van der Waals surface area (Å²) in [6.45, 7) is 3.66. The van der Waals surface area contributed by atoms with E-state index in [9.17, 15) is 14.3 Å². The Kier molecular flexibility index (Phi) is 7.75. The van der Waals surface area contributed by atoms with Crippen LogP contribution in [-0.4, -0.2) is 76.1 Å². The van der Waals surface area contributed by atoms with Gasteiger partial charge >= 0.3 is 0 Å². The molecule has 3 N–H and O–H groups in total. The first-order chi connectivity index (χ1) is 19.0. The van der Waals surface area contributed by atoms with Crippen molar-refractivity contribution in [3.63, 3.8) is 0 Å². The molecule has 2 saturated heterocycles. The van der Waals surface area contributed by atoms with Crippen molar-refractivity contribution in [1.29, 1.82) is 0 Å². The van der Waals surface area contributed by atoms with Gasteiger partial charge in [-0.25, -0.2) is 18.8 Å². The number of aromatic nitrogens is 3. The lowest BCUT2D eigenvalue weighted by Gasteiger charge is -2.42. The van der Waals surface area contributed by atoms with Crippen molar-refractivity contribution in [2.45, 2.75) is 63.0 Å². The molecule has 2 aromatic heterocycles. The van der Waals surface area contributed by atoms with Gasteiger partial charge in [0, 0.05) is 50.3 Å². The van der Waals surface area contributed by atoms with Crippen LogP contribution in [0.25, 0.3) is 16.7 Å². The molecule has 9 nitrogen and oxygen atoms in total. The van der Waals surface area contributed by atoms with Gasteiger partial charge < -0.3 is 14.9 Å². The summed E-state index contributed by atoms with van der Waals surface area (Å²) >= 11 is 1.11. The number of amides is 1. The fraction of sp³-hybridized carbons (Fsp3) is 0.536. The summed E-state index contributed by atoms with van der Waals surface area (Å²) in [5.74, 6) is -0.235. The minimum absolute atomic E-state index is 0.167. The van der Waals surface area contributed by atoms with Crippen LogP contribution in [0, 0.1) is 5.82 Å². The summed E-state index contributed by atoms with van der Waals surface area (Å²) in [7, 11) is 1.74. The van der Waals surface area contributed by atoms with Gasteiger partial charge in [0.2, 0.25) is 0 Å². The van der Waals surface area contributed by atoms with E-state index >= 15 is 0 Å². The zero-order valence-corrected chi connectivity index (χ0v) is 23.1. The van der Waals surface area contributed by atoms with Gasteiger partial charge in [-0.2, -0.15) is 5.10 Å². The number of benzene rings is 1. The Balaban J connectivity index is 1.40. The Morgan fingerprint density at radius 1 is 1.05 bits per heavy atom. The van der Waals surface area contributed by atoms with Gasteiger partial charge in [-0.15, -0.1) is 0 Å². The first-order valence-electron chi connectivity index (χ1n) is 14.0. The SMILES string of the molecule is CNSNC(=O)c1cc(N2CCC(N3CCC(O)CC3)CC2)c2c(C3CCC3)nn(-c3ccc(F)cc3)c2n1. The Morgan fingerprint density at radius 2 is 1.77 bits per heavy atom. The molecule has 4 heterocycles. The highest BCUT2D eigenvalue weighted by atomic mass is 32.2. The fourth-order valence-corrected chi connectivity index (χ4v) is 6.39. The minimum atomic E-state index is -0.307. The molecule has 1 aliphatic carbocycles. The summed E-state index contributed by atoms with van der Waals surface area (Å²) in [5, 5.41) is 16.0. The summed E-state index contributed by atoms with van der Waals surface area (Å²) < 4.78 is 21.2. The molecule has 0 radical (unpaired) electrons. The number of anilines is 1. The van der Waals surface area contributed by atoms with Gasteiger partial charge in [0.15, 0.2) is 5.65 Å². The molecule has 0 bridgehead atoms. The largest absolute Gasteiger partial charge is 0.393 e. The molecule has 6 rings (SSSR count). The van der Waals surface area contributed by atoms with E-state index < -0.39 is 0 Å². The van der Waals surface area contributed by atoms with Crippen molar-refractivity contribution in [3.05, 3.63) is 47.5 Å². The van der Waals surface area contributed by atoms with Gasteiger partial charge in [-0.3, -0.25) is 9.52 Å². The predicted molar refractivity (Wildman–Crippen MR) is 152 cm³/mol. The molecule has 0 unspecified atom stereocenters. The van der Waals surface area contributed by atoms with E-state index in [1.807, 2.05) is 6.07 Å². The number of carbonyl (C=O) groups excluding carboxylic acids is 1. The third-order valence-corrected chi connectivity index (χ3v) is 9.00. The third kappa shape index (κ3) is 5.37. The number of likely N-dealkylation sites (tertiary alicyclic amines) is 1. The fourth-order valence-electron chi connectivity index (χ4n) is 6.09. The lowest BCUT2D eigenvalue weighted by molar-refractivity contribution is 0.0542. The van der Waals surface area contributed by atoms with Gasteiger partial charge in [0.25, 0.3) is 5.91 Å². The topological polar surface area (TPSA) is 98.5 Å². The number of aliphatic hydroxyl groups excluding tert-OH is 1. The van der Waals surface area contributed by atoms with Crippen LogP contribution in [0.3, 0.4) is 0 Å². The maximum absolute atomic E-state index is 13.8. The molecule has 39 heavy (non-hydrogen) atoms. The van der Waals surface area contributed by atoms with Gasteiger partial charge in [0.05, 0.1) is 28.6 Å². The maximum Gasteiger partial charge on any atom is 0.280 e. The first kappa shape index (κ1) is 26.5. The molecular formula is C28H36FN7O2S. The molecule has 208 valence electrons. The van der Waals surface area contributed by atoms with E-state index in [0.717, 1.165) is 99.3 Å². The lowest BCUT2D eigenvalue weighted by Crippen LogP contribution is -2.48. The molecule has 2 aliphatic heterocycles. The molecule has 1 saturated carbocycles. The number of carbonyl (C=O) groups is 1. The standard InChI is InChI=1S/C28H36FN7O2S/c1-30-39-33-28(38)23-17-24(35-13-9-20(10-14-35)34-15-11-22(37)12-16-34)25-26(18-3-2-4-18)32-36(27(25)31-23)21-7-5-19(29)6-8-21/h5-8,17-18,20,22,30,37H,2-4,9-16H2,1H3,(H,33,38). The van der Waals surface area contributed by atoms with Crippen molar-refractivity contribution < 1.29 is 14.3 Å². The quantitative estimate of drug-likeness (QED) is 0.381. The number of hydrogen-bond acceptors (Lipinski definition) is 8. The van der Waals surface area contributed by atoms with Crippen molar-refractivity contribution in [2.24, 2.45) is 0 Å². The molecule has 3 fully saturated rings. The predicted octanol–water partition coefficient (Wildman–Crippen LogP) is 3.77. The van der Waals surface area contributed by atoms with E-state index in [1.165, 1.54) is 18.6 Å². The molecule has 3 aromatic rings. The Morgan fingerprint density at radius 3 is 2.41 bits per heavy atom. The van der Waals surface area contributed by atoms with Gasteiger partial charge in [0.1, 0.15) is 11.5 Å². The number of fused-ring (bicyclic) bond motifs is 1. The number of nitrogens with one attached hydrogen (secondary N) is 2. The normalized spacial score (nSPS) is 19.9. The van der Waals surface area contributed by atoms with Crippen LogP contribution in [0.15, 0.2) is 30.3 Å². The number of rotatable bonds is 7. The third-order valence-electron chi connectivity index (χ3n) is 8.51. The Bertz CT molecular complexity index is 1310. The molecular weight excluding hydrogens is 517 g/mol. The van der Waals surface area contributed by atoms with Crippen molar-refractivity contribution >= 4 is 34.8 Å². The molecule has 3 aliphatic rings. The van der Waals surface area contributed by atoms with E-state index in [1.54, 1.807) is 23.9 Å². The number of piperidine rings is 2. The average molecular weight is 554 g/mol. The van der Waals surface area contributed by atoms with Crippen LogP contribution in [0.1, 0.15) is 67.0 Å². The molecule has 1 amide bonds. The number of halogens is 1. The highest BCUT2D eigenvalue weighted by molar-refractivity contribution is 7.96. The van der Waals surface area contributed by atoms with Crippen LogP contribution in [0.2, 0.25) is 0 Å². The van der Waals surface area contributed by atoms with Crippen LogP contribution in [-0.2, 0) is 0 Å². The number of hydrogen-bond donors (Lipinski definition) is 3. The summed E-state index contributed by atoms with van der Waals surface area (Å²) in [4.78, 5) is 22.9. The van der Waals surface area contributed by atoms with Crippen molar-refractivity contribution in [2.75, 3.05) is 38.1 Å². The average Bonchev–Trinajstić information content (AvgIpc) is 3.30. The van der Waals surface area contributed by atoms with E-state index in [4.69, 9.17) is 10.1 Å². The number of aliphatic hydroxyl groups is 1. The summed E-state index contributed by atoms with van der Waals surface area (Å²) in [6, 6.07) is 8.70. The monoisotopic (exact) mass is 553 g/mol. The van der Waals surface area contributed by atoms with E-state index in [0.29, 0.717) is 23.3 Å². The molecule has 1 aromatic carbocycles. The van der Waals surface area contributed by atoms with E-state index in [2.05, 4.69) is 19.2 Å². The smallest absolute Gasteiger partial charge is 0.280 e. The van der Waals surface area contributed by atoms with E-state index in [-0.39, 0.29) is 17.8 Å². The number of pyridine rings is 1. The van der Waals surface area contributed by atoms with Gasteiger partial charge in [-0.05, 0) is 75.9 Å². The number of nitrogens with zero attached hydrogens (tertiary/aromatic N) is 5. The second-order valence-electron chi connectivity index (χ2n) is 10.8. The van der Waals surface area contributed by atoms with Gasteiger partial charge in [-0.1, -0.05) is 6.42 Å². The summed E-state index contributed by atoms with van der Waals surface area (Å²) in [6.07, 6.45) is 6.93. The van der Waals surface area contributed by atoms with Crippen molar-refractivity contribution in [1.82, 2.24) is 29.1 Å². The second kappa shape index (κ2) is 11.4. The van der Waals surface area contributed by atoms with Crippen LogP contribution >= 0.6 is 12.1 Å². The maximum atomic E-state index is 13.8. The van der Waals surface area contributed by atoms with Crippen LogP contribution in [0.4, 0.5) is 10.1 Å². The highest BCUT2D eigenvalue weighted by Crippen LogP contribution is 2.43. The Labute approximate surface area is 232 Å². The zero-order chi connectivity index (χ0) is 26.9. The lowest BCUT2D eigenvalue weighted by atomic mass is 9.82. The minimum Gasteiger partial charge on any atom is -0.393 e. The molecule has 0 atom stereocenters. The second-order valence-corrected chi connectivity index (χ2v) is 11.7.